The van der Waals surface area contributed by atoms with Gasteiger partial charge in [-0.05, 0) is 97.4 Å². The molecule has 3 nitrogen and oxygen atoms in total. The van der Waals surface area contributed by atoms with Crippen molar-refractivity contribution in [3.05, 3.63) is 11.6 Å². The number of carbonyl (C=O) groups excluding carboxylic acids is 2. The van der Waals surface area contributed by atoms with Gasteiger partial charge in [0.1, 0.15) is 6.29 Å². The third-order valence-corrected chi connectivity index (χ3v) is 12.8. The minimum absolute atomic E-state index is 0.0494. The van der Waals surface area contributed by atoms with Crippen LogP contribution in [-0.2, 0) is 9.59 Å². The molecule has 0 aliphatic heterocycles. The Bertz CT molecular complexity index is 918. The molecular weight excluding hydrogens is 408 g/mol. The standard InChI is InChI=1S/C30H46O3/c1-25(2)10-9-23(33)30(7)22(25)8-11-29(6)24(30)21(32)16-19-20-17-26(3,18-31)12-13-27(20,4)14-15-28(19,29)5/h16,18,20,22-24,33H,8-15,17H2,1-7H3/t20-,22-,23?,24-,26-,27+,28+,29+,30+/m0/s1. The summed E-state index contributed by atoms with van der Waals surface area (Å²) in [5.74, 6) is 0.811. The van der Waals surface area contributed by atoms with Crippen molar-refractivity contribution in [2.75, 3.05) is 0 Å². The van der Waals surface area contributed by atoms with Gasteiger partial charge in [-0.25, -0.2) is 0 Å². The molecule has 5 aliphatic carbocycles. The predicted molar refractivity (Wildman–Crippen MR) is 131 cm³/mol. The minimum atomic E-state index is -0.412. The van der Waals surface area contributed by atoms with E-state index in [1.54, 1.807) is 0 Å². The lowest BCUT2D eigenvalue weighted by atomic mass is 9.33. The van der Waals surface area contributed by atoms with Gasteiger partial charge < -0.3 is 9.90 Å². The molecule has 4 fully saturated rings. The second-order valence-electron chi connectivity index (χ2n) is 14.9. The molecule has 184 valence electrons. The quantitative estimate of drug-likeness (QED) is 0.458. The monoisotopic (exact) mass is 454 g/mol. The van der Waals surface area contributed by atoms with Gasteiger partial charge >= 0.3 is 0 Å². The summed E-state index contributed by atoms with van der Waals surface area (Å²) in [6, 6.07) is 0. The van der Waals surface area contributed by atoms with Crippen LogP contribution in [0.3, 0.4) is 0 Å². The molecule has 0 spiro atoms. The van der Waals surface area contributed by atoms with Crippen molar-refractivity contribution in [1.29, 1.82) is 0 Å². The molecule has 4 saturated carbocycles. The molecule has 5 aliphatic rings. The van der Waals surface area contributed by atoms with Crippen molar-refractivity contribution >= 4 is 12.1 Å². The van der Waals surface area contributed by atoms with Crippen LogP contribution in [0.4, 0.5) is 0 Å². The highest BCUT2D eigenvalue weighted by Gasteiger charge is 2.70. The number of aliphatic hydroxyl groups is 1. The van der Waals surface area contributed by atoms with Gasteiger partial charge in [-0.3, -0.25) is 4.79 Å². The number of allylic oxidation sites excluding steroid dienone is 2. The fraction of sp³-hybridized carbons (Fsp3) is 0.867. The van der Waals surface area contributed by atoms with Crippen LogP contribution in [0.5, 0.6) is 0 Å². The lowest BCUT2D eigenvalue weighted by Crippen LogP contribution is -2.68. The molecule has 3 heteroatoms. The van der Waals surface area contributed by atoms with Gasteiger partial charge in [-0.15, -0.1) is 0 Å². The van der Waals surface area contributed by atoms with Crippen LogP contribution >= 0.6 is 0 Å². The fourth-order valence-electron chi connectivity index (χ4n) is 10.3. The van der Waals surface area contributed by atoms with Crippen molar-refractivity contribution < 1.29 is 14.7 Å². The van der Waals surface area contributed by atoms with Crippen molar-refractivity contribution in [2.45, 2.75) is 112 Å². The van der Waals surface area contributed by atoms with Crippen molar-refractivity contribution in [2.24, 2.45) is 50.2 Å². The Kier molecular flexibility index (Phi) is 4.92. The third kappa shape index (κ3) is 2.84. The van der Waals surface area contributed by atoms with E-state index in [1.807, 2.05) is 6.08 Å². The summed E-state index contributed by atoms with van der Waals surface area (Å²) in [6.45, 7) is 16.3. The molecule has 0 saturated heterocycles. The number of carbonyl (C=O) groups is 2. The van der Waals surface area contributed by atoms with E-state index in [4.69, 9.17) is 0 Å². The van der Waals surface area contributed by atoms with E-state index in [2.05, 4.69) is 48.5 Å². The second-order valence-corrected chi connectivity index (χ2v) is 14.9. The van der Waals surface area contributed by atoms with Gasteiger partial charge in [-0.1, -0.05) is 54.0 Å². The van der Waals surface area contributed by atoms with Gasteiger partial charge in [0.15, 0.2) is 5.78 Å². The molecule has 0 aromatic rings. The van der Waals surface area contributed by atoms with Crippen molar-refractivity contribution in [3.63, 3.8) is 0 Å². The number of ketones is 1. The van der Waals surface area contributed by atoms with Crippen molar-refractivity contribution in [3.8, 4) is 0 Å². The van der Waals surface area contributed by atoms with Crippen LogP contribution in [0.2, 0.25) is 0 Å². The highest BCUT2D eigenvalue weighted by molar-refractivity contribution is 5.95. The first-order valence-corrected chi connectivity index (χ1v) is 13.6. The molecule has 9 atom stereocenters. The van der Waals surface area contributed by atoms with E-state index in [-0.39, 0.29) is 44.2 Å². The first kappa shape index (κ1) is 23.8. The summed E-state index contributed by atoms with van der Waals surface area (Å²) in [6.07, 6.45) is 12.0. The Hall–Kier alpha value is -0.960. The maximum atomic E-state index is 14.2. The Morgan fingerprint density at radius 1 is 0.909 bits per heavy atom. The second kappa shape index (κ2) is 6.83. The molecule has 0 radical (unpaired) electrons. The summed E-state index contributed by atoms with van der Waals surface area (Å²) in [4.78, 5) is 26.2. The van der Waals surface area contributed by atoms with Crippen LogP contribution in [0.1, 0.15) is 106 Å². The SMILES string of the molecule is CC1(C)CCC(O)[C@]2(C)[C@H]3C(=O)C=C4[C@@H]5C[C@@](C)(C=O)CC[C@]5(C)CC[C@@]4(C)[C@]3(C)CC[C@@H]12. The normalized spacial score (nSPS) is 55.4. The Labute approximate surface area is 201 Å². The van der Waals surface area contributed by atoms with E-state index in [1.165, 1.54) is 18.3 Å². The molecular formula is C30H46O3. The van der Waals surface area contributed by atoms with Crippen molar-refractivity contribution in [1.82, 2.24) is 0 Å². The molecule has 5 rings (SSSR count). The minimum Gasteiger partial charge on any atom is -0.393 e. The molecule has 0 aromatic heterocycles. The predicted octanol–water partition coefficient (Wildman–Crippen LogP) is 6.53. The maximum absolute atomic E-state index is 14.2. The zero-order valence-electron chi connectivity index (χ0n) is 22.1. The highest BCUT2D eigenvalue weighted by atomic mass is 16.3. The number of aldehydes is 1. The summed E-state index contributed by atoms with van der Waals surface area (Å²) in [7, 11) is 0. The van der Waals surface area contributed by atoms with Gasteiger partial charge in [0.2, 0.25) is 0 Å². The highest BCUT2D eigenvalue weighted by Crippen LogP contribution is 2.75. The zero-order chi connectivity index (χ0) is 24.2. The van der Waals surface area contributed by atoms with Gasteiger partial charge in [-0.2, -0.15) is 0 Å². The van der Waals surface area contributed by atoms with Crippen LogP contribution in [0.15, 0.2) is 11.6 Å². The van der Waals surface area contributed by atoms with E-state index < -0.39 is 6.10 Å². The third-order valence-electron chi connectivity index (χ3n) is 12.8. The summed E-state index contributed by atoms with van der Waals surface area (Å²) in [5.41, 5.74) is 0.833. The number of aliphatic hydroxyl groups excluding tert-OH is 1. The number of hydrogen-bond donors (Lipinski definition) is 1. The van der Waals surface area contributed by atoms with Crippen LogP contribution < -0.4 is 0 Å². The molecule has 33 heavy (non-hydrogen) atoms. The van der Waals surface area contributed by atoms with E-state index in [9.17, 15) is 14.7 Å². The Balaban J connectivity index is 1.65. The number of rotatable bonds is 1. The lowest BCUT2D eigenvalue weighted by molar-refractivity contribution is -0.215. The van der Waals surface area contributed by atoms with Gasteiger partial charge in [0.25, 0.3) is 0 Å². The van der Waals surface area contributed by atoms with Crippen LogP contribution in [0, 0.1) is 50.2 Å². The van der Waals surface area contributed by atoms with E-state index >= 15 is 0 Å². The van der Waals surface area contributed by atoms with Gasteiger partial charge in [0, 0.05) is 16.7 Å². The maximum Gasteiger partial charge on any atom is 0.159 e. The number of hydrogen-bond acceptors (Lipinski definition) is 3. The zero-order valence-corrected chi connectivity index (χ0v) is 22.1. The summed E-state index contributed by atoms with van der Waals surface area (Å²) < 4.78 is 0. The molecule has 0 aromatic carbocycles. The average Bonchev–Trinajstić information content (AvgIpc) is 2.74. The lowest BCUT2D eigenvalue weighted by Gasteiger charge is -2.70. The first-order valence-electron chi connectivity index (χ1n) is 13.6. The Morgan fingerprint density at radius 2 is 1.58 bits per heavy atom. The molecule has 1 N–H and O–H groups in total. The fourth-order valence-corrected chi connectivity index (χ4v) is 10.3. The number of fused-ring (bicyclic) bond motifs is 7. The van der Waals surface area contributed by atoms with E-state index in [0.717, 1.165) is 51.4 Å². The molecule has 1 unspecified atom stereocenters. The summed E-state index contributed by atoms with van der Waals surface area (Å²) >= 11 is 0. The first-order chi connectivity index (χ1) is 15.2. The van der Waals surface area contributed by atoms with Gasteiger partial charge in [0.05, 0.1) is 6.10 Å². The largest absolute Gasteiger partial charge is 0.393 e. The smallest absolute Gasteiger partial charge is 0.159 e. The van der Waals surface area contributed by atoms with E-state index in [0.29, 0.717) is 11.8 Å². The topological polar surface area (TPSA) is 54.4 Å². The summed E-state index contributed by atoms with van der Waals surface area (Å²) in [5, 5.41) is 11.5. The van der Waals surface area contributed by atoms with Crippen LogP contribution in [0.25, 0.3) is 0 Å². The average molecular weight is 455 g/mol. The Morgan fingerprint density at radius 3 is 2.24 bits per heavy atom. The molecule has 0 heterocycles. The molecule has 0 bridgehead atoms. The molecule has 0 amide bonds. The van der Waals surface area contributed by atoms with Crippen LogP contribution in [-0.4, -0.2) is 23.3 Å².